The Bertz CT molecular complexity index is 1430. The minimum absolute atomic E-state index is 0.529. The molecule has 0 fully saturated rings. The van der Waals surface area contributed by atoms with E-state index in [1.165, 1.54) is 75.3 Å². The van der Waals surface area contributed by atoms with Gasteiger partial charge in [-0.2, -0.15) is 16.8 Å². The van der Waals surface area contributed by atoms with Crippen LogP contribution in [-0.4, -0.2) is 50.8 Å². The van der Waals surface area contributed by atoms with E-state index in [2.05, 4.69) is 48.7 Å². The second kappa shape index (κ2) is 22.4. The molecule has 0 bridgehead atoms. The van der Waals surface area contributed by atoms with Crippen molar-refractivity contribution in [1.82, 2.24) is 10.6 Å². The van der Waals surface area contributed by atoms with Crippen molar-refractivity contribution in [3.63, 3.8) is 0 Å². The number of hydrogen-bond donors (Lipinski definition) is 4. The van der Waals surface area contributed by atoms with Gasteiger partial charge in [-0.25, -0.2) is 0 Å². The maximum Gasteiger partial charge on any atom is 0.244 e. The van der Waals surface area contributed by atoms with Crippen LogP contribution in [-0.2, 0) is 38.2 Å². The molecule has 2 aromatic rings. The molecule has 0 saturated carbocycles. The van der Waals surface area contributed by atoms with Crippen molar-refractivity contribution in [3.8, 4) is 0 Å². The molecule has 2 rings (SSSR count). The number of aryl methyl sites for hydroxylation is 2. The zero-order valence-corrected chi connectivity index (χ0v) is 33.8. The largest absolute Gasteiger partial charge is 0.299 e. The number of likely N-dealkylation sites (N-methyl/N-ethyl adjacent to an activating group) is 2. The lowest BCUT2D eigenvalue weighted by Crippen LogP contribution is -2.56. The van der Waals surface area contributed by atoms with Crippen molar-refractivity contribution in [1.29, 1.82) is 0 Å². The number of thiol groups is 2. The van der Waals surface area contributed by atoms with Gasteiger partial charge >= 0.3 is 0 Å². The molecule has 0 heterocycles. The summed E-state index contributed by atoms with van der Waals surface area (Å²) in [6, 6.07) is 16.1. The Morgan fingerprint density at radius 2 is 0.898 bits per heavy atom. The first-order valence-corrected chi connectivity index (χ1v) is 21.0. The van der Waals surface area contributed by atoms with Crippen LogP contribution in [0.4, 0.5) is 0 Å². The molecule has 0 saturated heterocycles. The van der Waals surface area contributed by atoms with Gasteiger partial charge in [0.15, 0.2) is 0 Å². The van der Waals surface area contributed by atoms with Gasteiger partial charge in [0.25, 0.3) is 0 Å². The number of ether oxygens (including phenoxy) is 1. The van der Waals surface area contributed by atoms with E-state index in [0.717, 1.165) is 36.8 Å². The van der Waals surface area contributed by atoms with Gasteiger partial charge in [0.1, 0.15) is 9.74 Å². The third kappa shape index (κ3) is 12.8. The Balaban J connectivity index is 2.28. The number of unbranched alkanes of at least 4 members (excludes halogenated alkanes) is 10. The molecular formula is C38H60N2O5S4. The van der Waals surface area contributed by atoms with E-state index in [0.29, 0.717) is 0 Å². The lowest BCUT2D eigenvalue weighted by atomic mass is 9.91. The van der Waals surface area contributed by atoms with E-state index >= 15 is 0 Å². The maximum atomic E-state index is 12.8. The van der Waals surface area contributed by atoms with Crippen molar-refractivity contribution in [2.75, 3.05) is 14.1 Å². The quantitative estimate of drug-likeness (QED) is 0.0417. The van der Waals surface area contributed by atoms with E-state index < -0.39 is 52.3 Å². The Labute approximate surface area is 310 Å². The van der Waals surface area contributed by atoms with Gasteiger partial charge in [-0.15, -0.1) is 25.3 Å². The summed E-state index contributed by atoms with van der Waals surface area (Å²) in [5, 5.41) is 4.87. The predicted molar refractivity (Wildman–Crippen MR) is 214 cm³/mol. The lowest BCUT2D eigenvalue weighted by molar-refractivity contribution is 0.413. The zero-order valence-electron chi connectivity index (χ0n) is 30.4. The predicted octanol–water partition coefficient (Wildman–Crippen LogP) is 8.13. The van der Waals surface area contributed by atoms with Gasteiger partial charge in [0, 0.05) is 11.8 Å². The Hall–Kier alpha value is -1.60. The molecule has 4 atom stereocenters. The summed E-state index contributed by atoms with van der Waals surface area (Å²) in [6.45, 7) is 8.09. The summed E-state index contributed by atoms with van der Waals surface area (Å²) in [7, 11) is -2.80. The molecule has 0 spiro atoms. The van der Waals surface area contributed by atoms with Gasteiger partial charge in [-0.05, 0) is 62.0 Å². The van der Waals surface area contributed by atoms with E-state index in [4.69, 9.17) is 30.0 Å². The smallest absolute Gasteiger partial charge is 0.244 e. The van der Waals surface area contributed by atoms with Crippen LogP contribution < -0.4 is 10.6 Å². The van der Waals surface area contributed by atoms with Crippen molar-refractivity contribution >= 4 is 55.9 Å². The topological polar surface area (TPSA) is 102 Å². The van der Waals surface area contributed by atoms with E-state index in [-0.39, 0.29) is 0 Å². The summed E-state index contributed by atoms with van der Waals surface area (Å²) in [5.74, 6) is -1.06. The molecule has 2 aromatic carbocycles. The normalized spacial score (nSPS) is 15.2. The SMILES string of the molecule is CCCCCCCCc1ccc(C(C)C(S)(NC)C(OC(=S(=O)=O)C(S)(NC)C(C)c2ccc(CCCCCCCC)cc2)=S(=O)=O)cc1. The third-order valence-corrected chi connectivity index (χ3v) is 13.1. The van der Waals surface area contributed by atoms with Crippen molar-refractivity contribution in [3.05, 3.63) is 70.8 Å². The summed E-state index contributed by atoms with van der Waals surface area (Å²) in [6.07, 6.45) is 16.7. The molecule has 0 aromatic heterocycles. The highest BCUT2D eigenvalue weighted by atomic mass is 32.2. The molecule has 0 aliphatic heterocycles. The second-order valence-electron chi connectivity index (χ2n) is 13.1. The maximum absolute atomic E-state index is 12.8. The molecular weight excluding hydrogens is 693 g/mol. The summed E-state index contributed by atoms with van der Waals surface area (Å²) in [4.78, 5) is -3.16. The fourth-order valence-electron chi connectivity index (χ4n) is 6.20. The average Bonchev–Trinajstić information content (AvgIpc) is 3.10. The minimum atomic E-state index is -2.97. The molecule has 0 radical (unpaired) electrons. The Morgan fingerprint density at radius 1 is 0.592 bits per heavy atom. The van der Waals surface area contributed by atoms with Gasteiger partial charge in [-0.1, -0.05) is 140 Å². The zero-order chi connectivity index (χ0) is 36.5. The highest BCUT2D eigenvalue weighted by Crippen LogP contribution is 2.37. The van der Waals surface area contributed by atoms with E-state index in [9.17, 15) is 16.8 Å². The first-order valence-electron chi connectivity index (χ1n) is 18.0. The standard InChI is InChI=1S/C38H60N2O5S4/c1-7-9-11-13-15-17-19-31-21-25-33(26-22-31)29(3)37(46,39-5)35(48(41)42)45-36(49(43)44)38(47,40-6)30(4)34-27-23-32(24-28-34)20-18-16-14-12-10-8-2/h21-30,39-40,46-47H,7-20H2,1-6H3. The number of rotatable bonds is 22. The number of benzene rings is 2. The summed E-state index contributed by atoms with van der Waals surface area (Å²) >= 11 is 9.62. The lowest BCUT2D eigenvalue weighted by Gasteiger charge is -2.38. The fraction of sp³-hybridized carbons (Fsp3) is 0.632. The van der Waals surface area contributed by atoms with Gasteiger partial charge < -0.3 is 0 Å². The van der Waals surface area contributed by atoms with Gasteiger partial charge in [-0.3, -0.25) is 15.4 Å². The van der Waals surface area contributed by atoms with Crippen molar-refractivity contribution in [2.24, 2.45) is 0 Å². The summed E-state index contributed by atoms with van der Waals surface area (Å²) < 4.78 is 57.2. The monoisotopic (exact) mass is 752 g/mol. The van der Waals surface area contributed by atoms with Crippen LogP contribution in [0.3, 0.4) is 0 Å². The Kier molecular flexibility index (Phi) is 19.9. The molecule has 11 heteroatoms. The van der Waals surface area contributed by atoms with E-state index in [1.54, 1.807) is 14.1 Å². The van der Waals surface area contributed by atoms with Crippen LogP contribution in [0.25, 0.3) is 0 Å². The molecule has 7 nitrogen and oxygen atoms in total. The van der Waals surface area contributed by atoms with E-state index in [1.807, 2.05) is 38.1 Å². The van der Waals surface area contributed by atoms with Crippen molar-refractivity contribution < 1.29 is 21.6 Å². The fourth-order valence-corrected chi connectivity index (χ4v) is 8.46. The molecule has 0 amide bonds. The third-order valence-electron chi connectivity index (χ3n) is 9.72. The van der Waals surface area contributed by atoms with Crippen LogP contribution in [0.1, 0.15) is 139 Å². The van der Waals surface area contributed by atoms with Crippen LogP contribution in [0.15, 0.2) is 48.5 Å². The van der Waals surface area contributed by atoms with Crippen molar-refractivity contribution in [2.45, 2.75) is 139 Å². The van der Waals surface area contributed by atoms with Gasteiger partial charge in [0.2, 0.25) is 30.7 Å². The van der Waals surface area contributed by atoms with Crippen LogP contribution in [0.5, 0.6) is 0 Å². The number of nitrogens with one attached hydrogen (secondary N) is 2. The minimum Gasteiger partial charge on any atom is -0.299 e. The second-order valence-corrected chi connectivity index (χ2v) is 16.2. The molecule has 49 heavy (non-hydrogen) atoms. The molecule has 0 aliphatic rings. The summed E-state index contributed by atoms with van der Waals surface area (Å²) in [5.41, 5.74) is 4.08. The molecule has 4 unspecified atom stereocenters. The van der Waals surface area contributed by atoms with Crippen LogP contribution >= 0.6 is 25.3 Å². The number of hydrogen-bond acceptors (Lipinski definition) is 9. The highest BCUT2D eigenvalue weighted by molar-refractivity contribution is 7.86. The first kappa shape index (κ1) is 43.6. The van der Waals surface area contributed by atoms with Crippen LogP contribution in [0, 0.1) is 0 Å². The highest BCUT2D eigenvalue weighted by Gasteiger charge is 2.46. The first-order chi connectivity index (χ1) is 23.4. The molecule has 276 valence electrons. The molecule has 0 aliphatic carbocycles. The van der Waals surface area contributed by atoms with Gasteiger partial charge in [0.05, 0.1) is 0 Å². The Morgan fingerprint density at radius 3 is 1.18 bits per heavy atom. The van der Waals surface area contributed by atoms with Crippen LogP contribution in [0.2, 0.25) is 0 Å². The average molecular weight is 753 g/mol. The molecule has 2 N–H and O–H groups in total.